The fourth-order valence-electron chi connectivity index (χ4n) is 3.26. The smallest absolute Gasteiger partial charge is 0.193 e. The van der Waals surface area contributed by atoms with Crippen LogP contribution in [0.3, 0.4) is 0 Å². The van der Waals surface area contributed by atoms with Gasteiger partial charge in [-0.3, -0.25) is 4.79 Å². The van der Waals surface area contributed by atoms with Crippen LogP contribution in [0.15, 0.2) is 78.9 Å². The average molecular weight is 432 g/mol. The van der Waals surface area contributed by atoms with E-state index < -0.39 is 0 Å². The SMILES string of the molecule is C/[N+]([O-])=C/c1ccc(OCCCCCCOc2ccc(C(=O)c3ccccc3)cc2)cc1. The van der Waals surface area contributed by atoms with Crippen molar-refractivity contribution >= 4 is 12.0 Å². The van der Waals surface area contributed by atoms with Gasteiger partial charge in [-0.05, 0) is 74.2 Å². The molecule has 166 valence electrons. The van der Waals surface area contributed by atoms with Crippen LogP contribution in [0, 0.1) is 5.21 Å². The molecule has 0 radical (unpaired) electrons. The second-order valence-electron chi connectivity index (χ2n) is 7.57. The zero-order valence-corrected chi connectivity index (χ0v) is 18.4. The largest absolute Gasteiger partial charge is 0.624 e. The molecule has 0 saturated carbocycles. The van der Waals surface area contributed by atoms with Gasteiger partial charge in [0.25, 0.3) is 0 Å². The molecule has 0 amide bonds. The van der Waals surface area contributed by atoms with Gasteiger partial charge in [-0.2, -0.15) is 0 Å². The number of unbranched alkanes of at least 4 members (excludes halogenated alkanes) is 3. The standard InChI is InChI=1S/C27H29NO4/c1-28(30)21-22-11-15-25(16-12-22)31-19-7-2-3-8-20-32-26-17-13-24(14-18-26)27(29)23-9-5-4-6-10-23/h4-6,9-18,21H,2-3,7-8,19-20H2,1H3/b28-21-. The summed E-state index contributed by atoms with van der Waals surface area (Å²) in [6, 6.07) is 24.1. The first-order valence-corrected chi connectivity index (χ1v) is 10.9. The number of ketones is 1. The third kappa shape index (κ3) is 7.58. The predicted molar refractivity (Wildman–Crippen MR) is 127 cm³/mol. The molecular weight excluding hydrogens is 402 g/mol. The van der Waals surface area contributed by atoms with Gasteiger partial charge in [-0.15, -0.1) is 0 Å². The van der Waals surface area contributed by atoms with Crippen LogP contribution in [0.1, 0.15) is 47.2 Å². The number of ether oxygens (including phenoxy) is 2. The zero-order chi connectivity index (χ0) is 22.6. The van der Waals surface area contributed by atoms with Crippen LogP contribution >= 0.6 is 0 Å². The van der Waals surface area contributed by atoms with Gasteiger partial charge in [0, 0.05) is 16.7 Å². The molecule has 32 heavy (non-hydrogen) atoms. The molecule has 3 aromatic rings. The Kier molecular flexibility index (Phi) is 8.87. The topological polar surface area (TPSA) is 61.6 Å². The maximum Gasteiger partial charge on any atom is 0.193 e. The average Bonchev–Trinajstić information content (AvgIpc) is 2.82. The quantitative estimate of drug-likeness (QED) is 0.0949. The third-order valence-corrected chi connectivity index (χ3v) is 4.94. The van der Waals surface area contributed by atoms with E-state index in [2.05, 4.69) is 0 Å². The summed E-state index contributed by atoms with van der Waals surface area (Å²) in [5, 5.41) is 11.0. The summed E-state index contributed by atoms with van der Waals surface area (Å²) in [5.74, 6) is 1.61. The summed E-state index contributed by atoms with van der Waals surface area (Å²) in [4.78, 5) is 12.4. The van der Waals surface area contributed by atoms with Crippen LogP contribution in [0.25, 0.3) is 0 Å². The Balaban J connectivity index is 1.27. The molecule has 0 aliphatic heterocycles. The minimum absolute atomic E-state index is 0.0173. The molecule has 0 N–H and O–H groups in total. The van der Waals surface area contributed by atoms with Crippen molar-refractivity contribution in [1.82, 2.24) is 0 Å². The summed E-state index contributed by atoms with van der Waals surface area (Å²) in [6.07, 6.45) is 5.61. The van der Waals surface area contributed by atoms with E-state index in [0.29, 0.717) is 24.3 Å². The van der Waals surface area contributed by atoms with Gasteiger partial charge in [-0.25, -0.2) is 4.74 Å². The number of nitrogens with zero attached hydrogens (tertiary/aromatic N) is 1. The molecule has 0 fully saturated rings. The van der Waals surface area contributed by atoms with E-state index in [-0.39, 0.29) is 5.78 Å². The Morgan fingerprint density at radius 3 is 1.78 bits per heavy atom. The van der Waals surface area contributed by atoms with E-state index >= 15 is 0 Å². The maximum absolute atomic E-state index is 12.4. The van der Waals surface area contributed by atoms with Crippen molar-refractivity contribution in [2.24, 2.45) is 0 Å². The van der Waals surface area contributed by atoms with Crippen LogP contribution in [0.4, 0.5) is 0 Å². The van der Waals surface area contributed by atoms with Crippen molar-refractivity contribution < 1.29 is 19.0 Å². The van der Waals surface area contributed by atoms with Crippen LogP contribution in [0.2, 0.25) is 0 Å². The lowest BCUT2D eigenvalue weighted by Gasteiger charge is -2.08. The lowest BCUT2D eigenvalue weighted by Crippen LogP contribution is -2.02. The number of hydrogen-bond donors (Lipinski definition) is 0. The highest BCUT2D eigenvalue weighted by atomic mass is 16.5. The summed E-state index contributed by atoms with van der Waals surface area (Å²) < 4.78 is 12.3. The number of carbonyl (C=O) groups is 1. The number of carbonyl (C=O) groups excluding carboxylic acids is 1. The number of hydrogen-bond acceptors (Lipinski definition) is 4. The Morgan fingerprint density at radius 1 is 0.750 bits per heavy atom. The van der Waals surface area contributed by atoms with Gasteiger partial charge in [0.1, 0.15) is 18.5 Å². The molecule has 3 aromatic carbocycles. The van der Waals surface area contributed by atoms with E-state index in [9.17, 15) is 10.0 Å². The predicted octanol–water partition coefficient (Wildman–Crippen LogP) is 5.49. The van der Waals surface area contributed by atoms with E-state index in [1.54, 1.807) is 0 Å². The maximum atomic E-state index is 12.4. The monoisotopic (exact) mass is 431 g/mol. The second-order valence-corrected chi connectivity index (χ2v) is 7.57. The van der Waals surface area contributed by atoms with Gasteiger partial charge in [0.2, 0.25) is 0 Å². The Labute approximate surface area is 189 Å². The van der Waals surface area contributed by atoms with Gasteiger partial charge >= 0.3 is 0 Å². The molecular formula is C27H29NO4. The van der Waals surface area contributed by atoms with E-state index in [4.69, 9.17) is 9.47 Å². The molecule has 0 aliphatic carbocycles. The molecule has 0 heterocycles. The van der Waals surface area contributed by atoms with Crippen molar-refractivity contribution in [3.8, 4) is 11.5 Å². The second kappa shape index (κ2) is 12.3. The van der Waals surface area contributed by atoms with E-state index in [0.717, 1.165) is 47.5 Å². The highest BCUT2D eigenvalue weighted by molar-refractivity contribution is 6.08. The van der Waals surface area contributed by atoms with Crippen molar-refractivity contribution in [1.29, 1.82) is 0 Å². The summed E-state index contributed by atoms with van der Waals surface area (Å²) in [6.45, 7) is 1.32. The number of benzene rings is 3. The van der Waals surface area contributed by atoms with Gasteiger partial charge in [-0.1, -0.05) is 30.3 Å². The molecule has 5 heteroatoms. The van der Waals surface area contributed by atoms with Gasteiger partial charge < -0.3 is 14.7 Å². The summed E-state index contributed by atoms with van der Waals surface area (Å²) in [5.41, 5.74) is 2.20. The fourth-order valence-corrected chi connectivity index (χ4v) is 3.26. The molecule has 0 saturated heterocycles. The zero-order valence-electron chi connectivity index (χ0n) is 18.4. The Hall–Kier alpha value is -3.60. The summed E-state index contributed by atoms with van der Waals surface area (Å²) >= 11 is 0. The highest BCUT2D eigenvalue weighted by Gasteiger charge is 2.08. The lowest BCUT2D eigenvalue weighted by molar-refractivity contribution is -0.416. The molecule has 0 spiro atoms. The summed E-state index contributed by atoms with van der Waals surface area (Å²) in [7, 11) is 1.46. The molecule has 5 nitrogen and oxygen atoms in total. The van der Waals surface area contributed by atoms with Crippen molar-refractivity contribution in [3.63, 3.8) is 0 Å². The molecule has 0 aromatic heterocycles. The first-order valence-electron chi connectivity index (χ1n) is 10.9. The first kappa shape index (κ1) is 23.1. The Morgan fingerprint density at radius 2 is 1.25 bits per heavy atom. The van der Waals surface area contributed by atoms with Crippen molar-refractivity contribution in [2.75, 3.05) is 20.3 Å². The number of hydroxylamine groups is 1. The minimum atomic E-state index is 0.0173. The minimum Gasteiger partial charge on any atom is -0.624 e. The molecule has 0 unspecified atom stereocenters. The van der Waals surface area contributed by atoms with Crippen LogP contribution < -0.4 is 9.47 Å². The van der Waals surface area contributed by atoms with Gasteiger partial charge in [0.15, 0.2) is 12.0 Å². The van der Waals surface area contributed by atoms with E-state index in [1.165, 1.54) is 13.3 Å². The normalized spacial score (nSPS) is 11.2. The highest BCUT2D eigenvalue weighted by Crippen LogP contribution is 2.16. The molecule has 0 bridgehead atoms. The van der Waals surface area contributed by atoms with E-state index in [1.807, 2.05) is 78.9 Å². The molecule has 3 rings (SSSR count). The number of rotatable bonds is 12. The fraction of sp³-hybridized carbons (Fsp3) is 0.259. The van der Waals surface area contributed by atoms with Crippen molar-refractivity contribution in [2.45, 2.75) is 25.7 Å². The van der Waals surface area contributed by atoms with Gasteiger partial charge in [0.05, 0.1) is 13.2 Å². The van der Waals surface area contributed by atoms with Crippen LogP contribution in [-0.4, -0.2) is 37.0 Å². The third-order valence-electron chi connectivity index (χ3n) is 4.94. The lowest BCUT2D eigenvalue weighted by atomic mass is 10.0. The molecule has 0 aliphatic rings. The molecule has 0 atom stereocenters. The van der Waals surface area contributed by atoms with Crippen LogP contribution in [-0.2, 0) is 0 Å². The van der Waals surface area contributed by atoms with Crippen LogP contribution in [0.5, 0.6) is 11.5 Å². The Bertz CT molecular complexity index is 992. The first-order chi connectivity index (χ1) is 15.6. The van der Waals surface area contributed by atoms with Crippen molar-refractivity contribution in [3.05, 3.63) is 101 Å².